The van der Waals surface area contributed by atoms with Gasteiger partial charge in [0.05, 0.1) is 11.4 Å². The van der Waals surface area contributed by atoms with Crippen molar-refractivity contribution in [3.8, 4) is 5.69 Å². The van der Waals surface area contributed by atoms with Gasteiger partial charge >= 0.3 is 0 Å². The summed E-state index contributed by atoms with van der Waals surface area (Å²) in [5.41, 5.74) is 3.03. The fraction of sp³-hybridized carbons (Fsp3) is 0.385. The maximum absolute atomic E-state index is 14.6. The van der Waals surface area contributed by atoms with Gasteiger partial charge in [0.25, 0.3) is 5.56 Å². The summed E-state index contributed by atoms with van der Waals surface area (Å²) in [6, 6.07) is 9.69. The second-order valence-corrected chi connectivity index (χ2v) is 10.1. The number of halogens is 1. The largest absolute Gasteiger partial charge is 0.324 e. The summed E-state index contributed by atoms with van der Waals surface area (Å²) >= 11 is 0. The van der Waals surface area contributed by atoms with Crippen LogP contribution in [0.25, 0.3) is 16.7 Å². The first-order valence-electron chi connectivity index (χ1n) is 11.8. The quantitative estimate of drug-likeness (QED) is 0.447. The molecule has 0 atom stereocenters. The van der Waals surface area contributed by atoms with E-state index in [0.29, 0.717) is 29.2 Å². The van der Waals surface area contributed by atoms with Gasteiger partial charge < -0.3 is 10.6 Å². The Balaban J connectivity index is 1.59. The van der Waals surface area contributed by atoms with Crippen LogP contribution in [-0.2, 0) is 24.2 Å². The van der Waals surface area contributed by atoms with E-state index in [-0.39, 0.29) is 16.7 Å². The first-order valence-corrected chi connectivity index (χ1v) is 11.8. The zero-order chi connectivity index (χ0) is 25.0. The van der Waals surface area contributed by atoms with E-state index in [2.05, 4.69) is 46.6 Å². The average Bonchev–Trinajstić information content (AvgIpc) is 3.09. The second kappa shape index (κ2) is 8.27. The Hall–Kier alpha value is -3.59. The number of pyridine rings is 1. The molecule has 1 aromatic carbocycles. The molecule has 0 aliphatic carbocycles. The summed E-state index contributed by atoms with van der Waals surface area (Å²) in [5.74, 6) is 0.377. The summed E-state index contributed by atoms with van der Waals surface area (Å²) < 4.78 is 17.9. The van der Waals surface area contributed by atoms with Crippen molar-refractivity contribution in [1.29, 1.82) is 0 Å². The zero-order valence-electron chi connectivity index (χ0n) is 20.7. The highest BCUT2D eigenvalue weighted by molar-refractivity contribution is 5.77. The lowest BCUT2D eigenvalue weighted by molar-refractivity contribution is 0.214. The monoisotopic (exact) mass is 475 g/mol. The van der Waals surface area contributed by atoms with Crippen LogP contribution in [0.15, 0.2) is 47.5 Å². The van der Waals surface area contributed by atoms with Gasteiger partial charge in [0.1, 0.15) is 11.1 Å². The number of rotatable bonds is 5. The van der Waals surface area contributed by atoms with Gasteiger partial charge in [0, 0.05) is 43.1 Å². The lowest BCUT2D eigenvalue weighted by atomic mass is 9.79. The number of hydrogen-bond acceptors (Lipinski definition) is 6. The molecule has 4 heterocycles. The predicted octanol–water partition coefficient (Wildman–Crippen LogP) is 4.33. The third kappa shape index (κ3) is 4.10. The minimum absolute atomic E-state index is 0.0677. The molecule has 1 aliphatic rings. The lowest BCUT2D eigenvalue weighted by Gasteiger charge is -2.33. The molecule has 5 rings (SSSR count). The van der Waals surface area contributed by atoms with Crippen LogP contribution in [0.3, 0.4) is 0 Å². The smallest absolute Gasteiger partial charge is 0.278 e. The molecule has 4 aromatic rings. The SMILES string of the molecule is CCn1c(=O)c2cnc(Nc3ccc4c(c3)CNCC4(C)C)nc2n1-c1ccnc(C(C)(C)F)c1. The molecule has 0 radical (unpaired) electrons. The van der Waals surface area contributed by atoms with Gasteiger partial charge in [-0.2, -0.15) is 4.98 Å². The summed E-state index contributed by atoms with van der Waals surface area (Å²) in [4.78, 5) is 26.3. The van der Waals surface area contributed by atoms with Crippen molar-refractivity contribution in [3.63, 3.8) is 0 Å². The number of benzene rings is 1. The number of nitrogens with one attached hydrogen (secondary N) is 2. The first-order chi connectivity index (χ1) is 16.6. The van der Waals surface area contributed by atoms with Crippen LogP contribution >= 0.6 is 0 Å². The molecule has 0 unspecified atom stereocenters. The minimum Gasteiger partial charge on any atom is -0.324 e. The van der Waals surface area contributed by atoms with Gasteiger partial charge in [-0.15, -0.1) is 0 Å². The van der Waals surface area contributed by atoms with E-state index < -0.39 is 5.67 Å². The van der Waals surface area contributed by atoms with E-state index in [4.69, 9.17) is 4.98 Å². The van der Waals surface area contributed by atoms with Gasteiger partial charge in [0.15, 0.2) is 5.65 Å². The fourth-order valence-corrected chi connectivity index (χ4v) is 4.72. The maximum Gasteiger partial charge on any atom is 0.278 e. The normalized spacial score (nSPS) is 15.3. The van der Waals surface area contributed by atoms with Gasteiger partial charge in [-0.1, -0.05) is 19.9 Å². The molecule has 1 aliphatic heterocycles. The molecule has 3 aromatic heterocycles. The van der Waals surface area contributed by atoms with E-state index >= 15 is 0 Å². The van der Waals surface area contributed by atoms with Crippen molar-refractivity contribution in [1.82, 2.24) is 29.6 Å². The molecule has 0 fully saturated rings. The Morgan fingerprint density at radius 3 is 2.74 bits per heavy atom. The molecule has 0 spiro atoms. The van der Waals surface area contributed by atoms with E-state index in [1.165, 1.54) is 25.0 Å². The number of aromatic nitrogens is 5. The van der Waals surface area contributed by atoms with Gasteiger partial charge in [-0.25, -0.2) is 18.7 Å². The van der Waals surface area contributed by atoms with Gasteiger partial charge in [-0.3, -0.25) is 9.78 Å². The topological polar surface area (TPSA) is 89.7 Å². The number of alkyl halides is 1. The zero-order valence-corrected chi connectivity index (χ0v) is 20.7. The van der Waals surface area contributed by atoms with Crippen molar-refractivity contribution in [2.24, 2.45) is 0 Å². The second-order valence-electron chi connectivity index (χ2n) is 10.1. The Bertz CT molecular complexity index is 1480. The van der Waals surface area contributed by atoms with Crippen LogP contribution < -0.4 is 16.2 Å². The summed E-state index contributed by atoms with van der Waals surface area (Å²) in [6.45, 7) is 11.4. The Labute approximate surface area is 203 Å². The van der Waals surface area contributed by atoms with E-state index in [9.17, 15) is 9.18 Å². The Kier molecular flexibility index (Phi) is 5.47. The third-order valence-corrected chi connectivity index (χ3v) is 6.55. The van der Waals surface area contributed by atoms with E-state index in [1.807, 2.05) is 13.0 Å². The van der Waals surface area contributed by atoms with Crippen LogP contribution in [0.1, 0.15) is 51.4 Å². The Morgan fingerprint density at radius 2 is 2.00 bits per heavy atom. The first kappa shape index (κ1) is 23.2. The number of anilines is 2. The van der Waals surface area contributed by atoms with Crippen molar-refractivity contribution in [3.05, 3.63) is 69.9 Å². The molecule has 0 saturated carbocycles. The molecular formula is C26H30FN7O. The minimum atomic E-state index is -1.62. The van der Waals surface area contributed by atoms with E-state index in [1.54, 1.807) is 33.9 Å². The molecule has 182 valence electrons. The maximum atomic E-state index is 14.6. The molecule has 9 heteroatoms. The average molecular weight is 476 g/mol. The highest BCUT2D eigenvalue weighted by Gasteiger charge is 2.27. The van der Waals surface area contributed by atoms with Crippen molar-refractivity contribution in [2.45, 2.75) is 58.8 Å². The number of nitrogens with zero attached hydrogens (tertiary/aromatic N) is 5. The molecule has 2 N–H and O–H groups in total. The molecule has 35 heavy (non-hydrogen) atoms. The highest BCUT2D eigenvalue weighted by atomic mass is 19.1. The molecular weight excluding hydrogens is 445 g/mol. The van der Waals surface area contributed by atoms with Crippen molar-refractivity contribution >= 4 is 22.7 Å². The third-order valence-electron chi connectivity index (χ3n) is 6.55. The number of hydrogen-bond donors (Lipinski definition) is 2. The predicted molar refractivity (Wildman–Crippen MR) is 135 cm³/mol. The Morgan fingerprint density at radius 1 is 1.20 bits per heavy atom. The van der Waals surface area contributed by atoms with Crippen molar-refractivity contribution in [2.75, 3.05) is 11.9 Å². The van der Waals surface area contributed by atoms with Gasteiger partial charge in [-0.05, 0) is 56.2 Å². The van der Waals surface area contributed by atoms with E-state index in [0.717, 1.165) is 18.8 Å². The van der Waals surface area contributed by atoms with Crippen LogP contribution in [0.2, 0.25) is 0 Å². The van der Waals surface area contributed by atoms with Crippen LogP contribution in [0, 0.1) is 0 Å². The lowest BCUT2D eigenvalue weighted by Crippen LogP contribution is -2.38. The summed E-state index contributed by atoms with van der Waals surface area (Å²) in [6.07, 6.45) is 3.09. The number of fused-ring (bicyclic) bond motifs is 2. The standard InChI is InChI=1S/C26H30FN7O/c1-6-33-23(35)19-14-30-24(31-17-7-8-20-16(11-17)13-28-15-25(20,2)3)32-22(19)34(33)18-9-10-29-21(12-18)26(4,5)27/h7-12,14,28H,6,13,15H2,1-5H3,(H,30,31,32). The molecule has 0 amide bonds. The summed E-state index contributed by atoms with van der Waals surface area (Å²) in [5, 5.41) is 7.15. The molecule has 0 saturated heterocycles. The van der Waals surface area contributed by atoms with Gasteiger partial charge in [0.2, 0.25) is 5.95 Å². The highest BCUT2D eigenvalue weighted by Crippen LogP contribution is 2.32. The van der Waals surface area contributed by atoms with Crippen LogP contribution in [0.5, 0.6) is 0 Å². The molecule has 8 nitrogen and oxygen atoms in total. The fourth-order valence-electron chi connectivity index (χ4n) is 4.72. The van der Waals surface area contributed by atoms with Crippen molar-refractivity contribution < 1.29 is 4.39 Å². The van der Waals surface area contributed by atoms with Crippen LogP contribution in [-0.4, -0.2) is 30.9 Å². The summed E-state index contributed by atoms with van der Waals surface area (Å²) in [7, 11) is 0. The molecule has 0 bridgehead atoms. The van der Waals surface area contributed by atoms with Crippen LogP contribution in [0.4, 0.5) is 16.0 Å².